The standard InChI is InChI=1S/C32H46FN/c1-2-8-26-13-15-27(16-14-26)10-6-7-11-29-19-23-31(24-20-29)30-21-17-28(18-22-30)9-4-3-5-12-32(33)25-34/h3,5,12-16,28-31H,2,4,6-11,17-24H2,1H3/b5-3+,32-12-. The van der Waals surface area contributed by atoms with Gasteiger partial charge in [0.25, 0.3) is 0 Å². The van der Waals surface area contributed by atoms with Crippen LogP contribution >= 0.6 is 0 Å². The molecule has 2 fully saturated rings. The highest BCUT2D eigenvalue weighted by Gasteiger charge is 2.30. The second-order valence-corrected chi connectivity index (χ2v) is 11.0. The first-order valence-corrected chi connectivity index (χ1v) is 14.2. The maximum absolute atomic E-state index is 12.8. The molecular weight excluding hydrogens is 417 g/mol. The highest BCUT2D eigenvalue weighted by molar-refractivity contribution is 5.22. The molecule has 186 valence electrons. The van der Waals surface area contributed by atoms with Crippen LogP contribution < -0.4 is 0 Å². The number of hydrogen-bond donors (Lipinski definition) is 0. The molecule has 0 saturated heterocycles. The lowest BCUT2D eigenvalue weighted by Crippen LogP contribution is -2.25. The van der Waals surface area contributed by atoms with Gasteiger partial charge in [-0.15, -0.1) is 0 Å². The van der Waals surface area contributed by atoms with Crippen LogP contribution in [0.3, 0.4) is 0 Å². The van der Waals surface area contributed by atoms with E-state index >= 15 is 0 Å². The molecule has 2 aliphatic rings. The van der Waals surface area contributed by atoms with Crippen molar-refractivity contribution in [1.29, 1.82) is 5.26 Å². The Morgan fingerprint density at radius 2 is 1.41 bits per heavy atom. The summed E-state index contributed by atoms with van der Waals surface area (Å²) in [5.41, 5.74) is 2.99. The Balaban J connectivity index is 1.24. The van der Waals surface area contributed by atoms with E-state index in [9.17, 15) is 4.39 Å². The fraction of sp³-hybridized carbons (Fsp3) is 0.656. The summed E-state index contributed by atoms with van der Waals surface area (Å²) >= 11 is 0. The first-order valence-electron chi connectivity index (χ1n) is 14.2. The summed E-state index contributed by atoms with van der Waals surface area (Å²) in [7, 11) is 0. The van der Waals surface area contributed by atoms with Crippen LogP contribution in [-0.2, 0) is 12.8 Å². The van der Waals surface area contributed by atoms with Crippen LogP contribution in [0.2, 0.25) is 0 Å². The largest absolute Gasteiger partial charge is 0.199 e. The molecule has 0 amide bonds. The van der Waals surface area contributed by atoms with Crippen molar-refractivity contribution in [2.75, 3.05) is 0 Å². The first kappa shape index (κ1) is 26.7. The van der Waals surface area contributed by atoms with Crippen molar-refractivity contribution in [1.82, 2.24) is 0 Å². The highest BCUT2D eigenvalue weighted by atomic mass is 19.1. The SMILES string of the molecule is CCCc1ccc(CCCCC2CCC(C3CCC(CC/C=C/C=C(\F)C#N)CC3)CC2)cc1. The molecule has 1 nitrogen and oxygen atoms in total. The predicted octanol–water partition coefficient (Wildman–Crippen LogP) is 9.68. The van der Waals surface area contributed by atoms with Gasteiger partial charge in [-0.1, -0.05) is 88.3 Å². The van der Waals surface area contributed by atoms with Crippen LogP contribution in [0.25, 0.3) is 0 Å². The van der Waals surface area contributed by atoms with Crippen LogP contribution in [0.1, 0.15) is 108 Å². The Morgan fingerprint density at radius 1 is 0.853 bits per heavy atom. The van der Waals surface area contributed by atoms with E-state index in [4.69, 9.17) is 5.26 Å². The number of rotatable bonds is 12. The monoisotopic (exact) mass is 463 g/mol. The van der Waals surface area contributed by atoms with Gasteiger partial charge in [0.05, 0.1) is 0 Å². The molecule has 0 bridgehead atoms. The second kappa shape index (κ2) is 15.2. The number of unbranched alkanes of at least 4 members (excludes halogenated alkanes) is 1. The van der Waals surface area contributed by atoms with Gasteiger partial charge in [-0.05, 0) is 98.7 Å². The molecule has 34 heavy (non-hydrogen) atoms. The predicted molar refractivity (Wildman–Crippen MR) is 142 cm³/mol. The van der Waals surface area contributed by atoms with Gasteiger partial charge in [0.2, 0.25) is 0 Å². The van der Waals surface area contributed by atoms with Crippen LogP contribution in [0.4, 0.5) is 4.39 Å². The normalized spacial score (nSPS) is 26.0. The fourth-order valence-corrected chi connectivity index (χ4v) is 6.44. The Morgan fingerprint density at radius 3 is 1.97 bits per heavy atom. The van der Waals surface area contributed by atoms with Crippen molar-refractivity contribution in [3.05, 3.63) is 59.4 Å². The van der Waals surface area contributed by atoms with Gasteiger partial charge in [0.1, 0.15) is 6.07 Å². The van der Waals surface area contributed by atoms with Gasteiger partial charge in [0, 0.05) is 0 Å². The maximum atomic E-state index is 12.8. The van der Waals surface area contributed by atoms with E-state index in [1.165, 1.54) is 120 Å². The van der Waals surface area contributed by atoms with E-state index in [2.05, 4.69) is 31.2 Å². The van der Waals surface area contributed by atoms with Gasteiger partial charge in [-0.2, -0.15) is 9.65 Å². The Hall–Kier alpha value is -1.88. The molecule has 0 N–H and O–H groups in total. The van der Waals surface area contributed by atoms with Gasteiger partial charge < -0.3 is 0 Å². The minimum atomic E-state index is -0.709. The van der Waals surface area contributed by atoms with E-state index in [0.29, 0.717) is 0 Å². The van der Waals surface area contributed by atoms with E-state index in [1.54, 1.807) is 6.08 Å². The van der Waals surface area contributed by atoms with Crippen molar-refractivity contribution in [3.8, 4) is 6.07 Å². The average Bonchev–Trinajstić information content (AvgIpc) is 2.88. The second-order valence-electron chi connectivity index (χ2n) is 11.0. The maximum Gasteiger partial charge on any atom is 0.199 e. The van der Waals surface area contributed by atoms with Crippen molar-refractivity contribution in [2.45, 2.75) is 110 Å². The molecule has 0 radical (unpaired) electrons. The van der Waals surface area contributed by atoms with Crippen molar-refractivity contribution < 1.29 is 4.39 Å². The number of halogens is 1. The number of aryl methyl sites for hydroxylation is 2. The number of benzene rings is 1. The summed E-state index contributed by atoms with van der Waals surface area (Å²) in [6, 6.07) is 10.8. The summed E-state index contributed by atoms with van der Waals surface area (Å²) in [5, 5.41) is 8.42. The minimum Gasteiger partial charge on any atom is -0.195 e. The van der Waals surface area contributed by atoms with Crippen molar-refractivity contribution in [2.24, 2.45) is 23.7 Å². The molecule has 0 aromatic heterocycles. The van der Waals surface area contributed by atoms with Crippen LogP contribution in [-0.4, -0.2) is 0 Å². The highest BCUT2D eigenvalue weighted by Crippen LogP contribution is 2.43. The van der Waals surface area contributed by atoms with Gasteiger partial charge >= 0.3 is 0 Å². The molecule has 0 unspecified atom stereocenters. The lowest BCUT2D eigenvalue weighted by Gasteiger charge is -2.38. The smallest absolute Gasteiger partial charge is 0.195 e. The number of allylic oxidation sites excluding steroid dienone is 4. The molecule has 2 heteroatoms. The lowest BCUT2D eigenvalue weighted by molar-refractivity contribution is 0.140. The summed E-state index contributed by atoms with van der Waals surface area (Å²) in [6.45, 7) is 2.25. The van der Waals surface area contributed by atoms with Gasteiger partial charge in [-0.25, -0.2) is 0 Å². The Bertz CT molecular complexity index is 783. The third-order valence-electron chi connectivity index (χ3n) is 8.57. The van der Waals surface area contributed by atoms with Crippen LogP contribution in [0.5, 0.6) is 0 Å². The number of nitriles is 1. The molecule has 0 aliphatic heterocycles. The molecule has 1 aromatic rings. The van der Waals surface area contributed by atoms with E-state index in [1.807, 2.05) is 6.08 Å². The minimum absolute atomic E-state index is 0.709. The molecule has 0 spiro atoms. The molecule has 2 aliphatic carbocycles. The Labute approximate surface area is 208 Å². The lowest BCUT2D eigenvalue weighted by atomic mass is 9.68. The molecular formula is C32H46FN. The van der Waals surface area contributed by atoms with E-state index in [0.717, 1.165) is 30.1 Å². The molecule has 3 rings (SSSR count). The quantitative estimate of drug-likeness (QED) is 0.172. The topological polar surface area (TPSA) is 23.8 Å². The zero-order chi connectivity index (χ0) is 24.0. The van der Waals surface area contributed by atoms with E-state index < -0.39 is 5.83 Å². The number of nitrogens with zero attached hydrogens (tertiary/aromatic N) is 1. The van der Waals surface area contributed by atoms with Crippen LogP contribution in [0.15, 0.2) is 48.3 Å². The zero-order valence-electron chi connectivity index (χ0n) is 21.5. The zero-order valence-corrected chi connectivity index (χ0v) is 21.5. The molecule has 0 heterocycles. The fourth-order valence-electron chi connectivity index (χ4n) is 6.44. The third-order valence-corrected chi connectivity index (χ3v) is 8.57. The summed E-state index contributed by atoms with van der Waals surface area (Å²) in [5.74, 6) is 3.06. The summed E-state index contributed by atoms with van der Waals surface area (Å²) in [4.78, 5) is 0. The third kappa shape index (κ3) is 9.40. The average molecular weight is 464 g/mol. The molecule has 2 saturated carbocycles. The van der Waals surface area contributed by atoms with Crippen molar-refractivity contribution >= 4 is 0 Å². The molecule has 0 atom stereocenters. The van der Waals surface area contributed by atoms with E-state index in [-0.39, 0.29) is 0 Å². The van der Waals surface area contributed by atoms with Crippen LogP contribution in [0, 0.1) is 35.0 Å². The Kier molecular flexibility index (Phi) is 11.9. The van der Waals surface area contributed by atoms with Gasteiger partial charge in [-0.3, -0.25) is 0 Å². The number of hydrogen-bond acceptors (Lipinski definition) is 1. The summed E-state index contributed by atoms with van der Waals surface area (Å²) < 4.78 is 12.8. The van der Waals surface area contributed by atoms with Gasteiger partial charge in [0.15, 0.2) is 5.83 Å². The molecule has 1 aromatic carbocycles. The van der Waals surface area contributed by atoms with Crippen molar-refractivity contribution in [3.63, 3.8) is 0 Å². The first-order chi connectivity index (χ1) is 16.7. The summed E-state index contributed by atoms with van der Waals surface area (Å²) in [6.07, 6.45) is 26.5.